The van der Waals surface area contributed by atoms with Crippen LogP contribution in [0.4, 0.5) is 4.79 Å². The second-order valence-corrected chi connectivity index (χ2v) is 3.35. The molecule has 0 aliphatic heterocycles. The Morgan fingerprint density at radius 2 is 1.56 bits per heavy atom. The number of ether oxygens (including phenoxy) is 1. The number of carbonyl (C=O) groups excluding carboxylic acids is 1. The van der Waals surface area contributed by atoms with E-state index < -0.39 is 6.09 Å². The Morgan fingerprint density at radius 3 is 2.22 bits per heavy atom. The molecule has 0 bridgehead atoms. The fraction of sp³-hybridized carbons (Fsp3) is 0. The smallest absolute Gasteiger partial charge is 0.197 e. The summed E-state index contributed by atoms with van der Waals surface area (Å²) in [6.07, 6.45) is -1.52. The number of rotatable bonds is 4. The molecule has 0 atom stereocenters. The van der Waals surface area contributed by atoms with Gasteiger partial charge in [0, 0.05) is 0 Å². The van der Waals surface area contributed by atoms with E-state index in [1.54, 1.807) is 41.9 Å². The number of hydrogen-bond donors (Lipinski definition) is 1. The molecule has 1 amide bonds. The molecule has 5 heteroatoms. The number of benzene rings is 2. The molecule has 0 aliphatic rings. The summed E-state index contributed by atoms with van der Waals surface area (Å²) in [4.78, 5) is 15.1. The largest absolute Gasteiger partial charge is 0.528 e. The minimum Gasteiger partial charge on any atom is -0.528 e. The lowest BCUT2D eigenvalue weighted by atomic mass is 10.3. The van der Waals surface area contributed by atoms with Crippen LogP contribution in [0.1, 0.15) is 0 Å². The SMILES string of the molecule is O=C([O-])NOc1ccccc1Oc1ccccc1. The summed E-state index contributed by atoms with van der Waals surface area (Å²) in [7, 11) is 0. The molecule has 5 nitrogen and oxygen atoms in total. The van der Waals surface area contributed by atoms with Crippen LogP contribution >= 0.6 is 0 Å². The topological polar surface area (TPSA) is 70.6 Å². The maximum atomic E-state index is 10.3. The number of carbonyl (C=O) groups is 1. The molecular formula is C13H10NO4-. The van der Waals surface area contributed by atoms with Gasteiger partial charge in [-0.1, -0.05) is 30.3 Å². The Bertz CT molecular complexity index is 528. The Morgan fingerprint density at radius 1 is 0.944 bits per heavy atom. The van der Waals surface area contributed by atoms with Crippen molar-refractivity contribution in [1.29, 1.82) is 0 Å². The minimum atomic E-state index is -1.52. The summed E-state index contributed by atoms with van der Waals surface area (Å²) in [5.74, 6) is 1.28. The van der Waals surface area contributed by atoms with Crippen molar-refractivity contribution in [1.82, 2.24) is 5.48 Å². The predicted molar refractivity (Wildman–Crippen MR) is 62.1 cm³/mol. The van der Waals surface area contributed by atoms with Crippen molar-refractivity contribution in [3.05, 3.63) is 54.6 Å². The predicted octanol–water partition coefficient (Wildman–Crippen LogP) is 1.71. The molecular weight excluding hydrogens is 234 g/mol. The molecule has 2 aromatic rings. The molecule has 0 fully saturated rings. The van der Waals surface area contributed by atoms with Gasteiger partial charge in [0.1, 0.15) is 5.75 Å². The Kier molecular flexibility index (Phi) is 3.66. The summed E-state index contributed by atoms with van der Waals surface area (Å²) < 4.78 is 5.56. The second-order valence-electron chi connectivity index (χ2n) is 3.35. The molecule has 2 rings (SSSR count). The van der Waals surface area contributed by atoms with Crippen molar-refractivity contribution in [3.8, 4) is 17.2 Å². The lowest BCUT2D eigenvalue weighted by Gasteiger charge is -2.12. The van der Waals surface area contributed by atoms with Crippen LogP contribution in [-0.4, -0.2) is 6.09 Å². The number of hydroxylamine groups is 1. The lowest BCUT2D eigenvalue weighted by molar-refractivity contribution is -0.258. The summed E-state index contributed by atoms with van der Waals surface area (Å²) in [6, 6.07) is 15.8. The Balaban J connectivity index is 2.14. The first-order valence-electron chi connectivity index (χ1n) is 5.21. The van der Waals surface area contributed by atoms with Gasteiger partial charge in [-0.05, 0) is 24.3 Å². The van der Waals surface area contributed by atoms with Gasteiger partial charge in [-0.15, -0.1) is 0 Å². The van der Waals surface area contributed by atoms with Gasteiger partial charge < -0.3 is 19.5 Å². The van der Waals surface area contributed by atoms with Gasteiger partial charge in [-0.25, -0.2) is 5.48 Å². The maximum absolute atomic E-state index is 10.3. The van der Waals surface area contributed by atoms with Gasteiger partial charge >= 0.3 is 0 Å². The van der Waals surface area contributed by atoms with Crippen molar-refractivity contribution in [2.75, 3.05) is 0 Å². The van der Waals surface area contributed by atoms with Crippen LogP contribution in [0.15, 0.2) is 54.6 Å². The van der Waals surface area contributed by atoms with Crippen LogP contribution in [0.2, 0.25) is 0 Å². The molecule has 0 spiro atoms. The van der Waals surface area contributed by atoms with E-state index >= 15 is 0 Å². The fourth-order valence-corrected chi connectivity index (χ4v) is 1.33. The normalized spacial score (nSPS) is 9.56. The summed E-state index contributed by atoms with van der Waals surface area (Å²) in [5.41, 5.74) is 1.71. The summed E-state index contributed by atoms with van der Waals surface area (Å²) >= 11 is 0. The first-order chi connectivity index (χ1) is 8.75. The van der Waals surface area contributed by atoms with Gasteiger partial charge in [-0.2, -0.15) is 0 Å². The Labute approximate surface area is 104 Å². The van der Waals surface area contributed by atoms with E-state index in [9.17, 15) is 9.90 Å². The van der Waals surface area contributed by atoms with E-state index in [0.29, 0.717) is 11.5 Å². The third-order valence-electron chi connectivity index (χ3n) is 2.06. The van der Waals surface area contributed by atoms with Crippen LogP contribution in [0.5, 0.6) is 17.2 Å². The molecule has 0 heterocycles. The highest BCUT2D eigenvalue weighted by Crippen LogP contribution is 2.30. The number of amides is 1. The maximum Gasteiger partial charge on any atom is 0.197 e. The molecule has 0 radical (unpaired) electrons. The van der Waals surface area contributed by atoms with E-state index in [1.165, 1.54) is 0 Å². The average molecular weight is 244 g/mol. The number of para-hydroxylation sites is 3. The van der Waals surface area contributed by atoms with E-state index in [1.807, 2.05) is 18.2 Å². The fourth-order valence-electron chi connectivity index (χ4n) is 1.33. The molecule has 0 saturated heterocycles. The second kappa shape index (κ2) is 5.58. The third-order valence-corrected chi connectivity index (χ3v) is 2.06. The number of carboxylic acid groups (broad SMARTS) is 1. The molecule has 18 heavy (non-hydrogen) atoms. The van der Waals surface area contributed by atoms with E-state index in [-0.39, 0.29) is 5.75 Å². The number of nitrogens with one attached hydrogen (secondary N) is 1. The van der Waals surface area contributed by atoms with Crippen LogP contribution in [0.25, 0.3) is 0 Å². The van der Waals surface area contributed by atoms with Crippen LogP contribution in [0.3, 0.4) is 0 Å². The van der Waals surface area contributed by atoms with Gasteiger partial charge in [0.15, 0.2) is 17.6 Å². The van der Waals surface area contributed by atoms with Crippen LogP contribution in [0, 0.1) is 0 Å². The Hall–Kier alpha value is -2.69. The van der Waals surface area contributed by atoms with Crippen molar-refractivity contribution < 1.29 is 19.5 Å². The highest BCUT2D eigenvalue weighted by molar-refractivity contribution is 5.61. The summed E-state index contributed by atoms with van der Waals surface area (Å²) in [6.45, 7) is 0. The lowest BCUT2D eigenvalue weighted by Crippen LogP contribution is -2.38. The van der Waals surface area contributed by atoms with Gasteiger partial charge in [-0.3, -0.25) is 0 Å². The first kappa shape index (κ1) is 11.8. The minimum absolute atomic E-state index is 0.255. The molecule has 92 valence electrons. The van der Waals surface area contributed by atoms with Gasteiger partial charge in [0.2, 0.25) is 0 Å². The van der Waals surface area contributed by atoms with E-state index in [4.69, 9.17) is 9.57 Å². The first-order valence-corrected chi connectivity index (χ1v) is 5.21. The van der Waals surface area contributed by atoms with Gasteiger partial charge in [0.05, 0.1) is 0 Å². The molecule has 2 aromatic carbocycles. The van der Waals surface area contributed by atoms with Gasteiger partial charge in [0.25, 0.3) is 0 Å². The molecule has 0 unspecified atom stereocenters. The van der Waals surface area contributed by atoms with Crippen molar-refractivity contribution in [3.63, 3.8) is 0 Å². The van der Waals surface area contributed by atoms with Crippen LogP contribution in [-0.2, 0) is 0 Å². The zero-order chi connectivity index (χ0) is 12.8. The highest BCUT2D eigenvalue weighted by Gasteiger charge is 2.05. The average Bonchev–Trinajstić information content (AvgIpc) is 2.39. The van der Waals surface area contributed by atoms with Crippen LogP contribution < -0.4 is 20.2 Å². The zero-order valence-corrected chi connectivity index (χ0v) is 9.33. The van der Waals surface area contributed by atoms with Crippen molar-refractivity contribution >= 4 is 6.09 Å². The number of hydrogen-bond acceptors (Lipinski definition) is 4. The van der Waals surface area contributed by atoms with E-state index in [2.05, 4.69) is 0 Å². The zero-order valence-electron chi connectivity index (χ0n) is 9.33. The monoisotopic (exact) mass is 244 g/mol. The highest BCUT2D eigenvalue weighted by atomic mass is 16.7. The molecule has 0 aliphatic carbocycles. The van der Waals surface area contributed by atoms with Crippen molar-refractivity contribution in [2.45, 2.75) is 0 Å². The molecule has 0 saturated carbocycles. The summed E-state index contributed by atoms with van der Waals surface area (Å²) in [5, 5.41) is 10.3. The quantitative estimate of drug-likeness (QED) is 0.831. The van der Waals surface area contributed by atoms with E-state index in [0.717, 1.165) is 0 Å². The molecule has 0 aromatic heterocycles. The third kappa shape index (κ3) is 3.15. The van der Waals surface area contributed by atoms with Crippen molar-refractivity contribution in [2.24, 2.45) is 0 Å². The molecule has 1 N–H and O–H groups in total. The standard InChI is InChI=1S/C13H11NO4/c15-13(16)14-18-12-9-5-4-8-11(12)17-10-6-2-1-3-7-10/h1-9,14H,(H,15,16)/p-1.